The largest absolute Gasteiger partial charge is 0.416 e. The van der Waals surface area contributed by atoms with Crippen LogP contribution in [0.4, 0.5) is 24.7 Å². The van der Waals surface area contributed by atoms with Crippen LogP contribution >= 0.6 is 0 Å². The summed E-state index contributed by atoms with van der Waals surface area (Å²) in [4.78, 5) is 10.5. The molecule has 0 unspecified atom stereocenters. The number of nitrogens with zero attached hydrogens (tertiary/aromatic N) is 3. The van der Waals surface area contributed by atoms with Crippen molar-refractivity contribution in [3.05, 3.63) is 46.9 Å². The van der Waals surface area contributed by atoms with Crippen LogP contribution in [-0.4, -0.2) is 23.6 Å². The first-order chi connectivity index (χ1) is 10.9. The van der Waals surface area contributed by atoms with Crippen LogP contribution in [0.15, 0.2) is 24.3 Å². The molecule has 2 aromatic rings. The SMILES string of the molecule is COCc1nc(C)cc(N2CCc3c2cccc3C(F)(F)F)n1. The van der Waals surface area contributed by atoms with Gasteiger partial charge in [-0.3, -0.25) is 0 Å². The van der Waals surface area contributed by atoms with Gasteiger partial charge in [-0.15, -0.1) is 0 Å². The highest BCUT2D eigenvalue weighted by molar-refractivity contribution is 5.69. The first kappa shape index (κ1) is 15.7. The van der Waals surface area contributed by atoms with Crippen LogP contribution in [0.3, 0.4) is 0 Å². The molecule has 0 fully saturated rings. The van der Waals surface area contributed by atoms with E-state index in [1.165, 1.54) is 6.07 Å². The molecule has 0 radical (unpaired) electrons. The number of aromatic nitrogens is 2. The molecule has 0 amide bonds. The number of fused-ring (bicyclic) bond motifs is 1. The molecular formula is C16H16F3N3O. The number of rotatable bonds is 3. The molecule has 0 atom stereocenters. The number of anilines is 2. The number of alkyl halides is 3. The average Bonchev–Trinajstić information content (AvgIpc) is 2.89. The van der Waals surface area contributed by atoms with E-state index < -0.39 is 11.7 Å². The van der Waals surface area contributed by atoms with Gasteiger partial charge in [0.15, 0.2) is 5.82 Å². The van der Waals surface area contributed by atoms with Crippen molar-refractivity contribution >= 4 is 11.5 Å². The van der Waals surface area contributed by atoms with E-state index in [0.29, 0.717) is 35.9 Å². The monoisotopic (exact) mass is 323 g/mol. The smallest absolute Gasteiger partial charge is 0.377 e. The Kier molecular flexibility index (Phi) is 3.97. The van der Waals surface area contributed by atoms with Crippen LogP contribution in [0, 0.1) is 6.92 Å². The van der Waals surface area contributed by atoms with E-state index in [1.54, 1.807) is 24.1 Å². The zero-order valence-electron chi connectivity index (χ0n) is 12.8. The van der Waals surface area contributed by atoms with Gasteiger partial charge in [-0.05, 0) is 31.0 Å². The maximum atomic E-state index is 13.1. The topological polar surface area (TPSA) is 38.2 Å². The number of hydrogen-bond acceptors (Lipinski definition) is 4. The molecule has 23 heavy (non-hydrogen) atoms. The molecule has 0 saturated carbocycles. The first-order valence-corrected chi connectivity index (χ1v) is 7.20. The van der Waals surface area contributed by atoms with Gasteiger partial charge < -0.3 is 9.64 Å². The summed E-state index contributed by atoms with van der Waals surface area (Å²) in [5.74, 6) is 1.12. The fourth-order valence-corrected chi connectivity index (χ4v) is 2.88. The van der Waals surface area contributed by atoms with E-state index in [9.17, 15) is 13.2 Å². The normalized spacial score (nSPS) is 14.2. The average molecular weight is 323 g/mol. The van der Waals surface area contributed by atoms with E-state index in [4.69, 9.17) is 4.74 Å². The van der Waals surface area contributed by atoms with Gasteiger partial charge in [0.2, 0.25) is 0 Å². The fourth-order valence-electron chi connectivity index (χ4n) is 2.88. The summed E-state index contributed by atoms with van der Waals surface area (Å²) >= 11 is 0. The van der Waals surface area contributed by atoms with E-state index in [2.05, 4.69) is 9.97 Å². The lowest BCUT2D eigenvalue weighted by atomic mass is 10.0. The Bertz CT molecular complexity index is 731. The Morgan fingerprint density at radius 2 is 2.04 bits per heavy atom. The molecule has 0 spiro atoms. The molecule has 0 bridgehead atoms. The third-order valence-corrected chi connectivity index (χ3v) is 3.77. The van der Waals surface area contributed by atoms with Crippen LogP contribution in [0.1, 0.15) is 22.6 Å². The maximum absolute atomic E-state index is 13.1. The van der Waals surface area contributed by atoms with Gasteiger partial charge >= 0.3 is 6.18 Å². The van der Waals surface area contributed by atoms with Gasteiger partial charge in [0, 0.05) is 31.1 Å². The van der Waals surface area contributed by atoms with Crippen LogP contribution in [0.5, 0.6) is 0 Å². The molecular weight excluding hydrogens is 307 g/mol. The third kappa shape index (κ3) is 3.01. The molecule has 0 N–H and O–H groups in total. The van der Waals surface area contributed by atoms with Crippen molar-refractivity contribution in [1.82, 2.24) is 9.97 Å². The maximum Gasteiger partial charge on any atom is 0.416 e. The number of aryl methyl sites for hydroxylation is 1. The Morgan fingerprint density at radius 3 is 2.74 bits per heavy atom. The minimum absolute atomic E-state index is 0.262. The van der Waals surface area contributed by atoms with Gasteiger partial charge in [-0.2, -0.15) is 13.2 Å². The number of benzene rings is 1. The third-order valence-electron chi connectivity index (χ3n) is 3.77. The van der Waals surface area contributed by atoms with Gasteiger partial charge in [0.1, 0.15) is 12.4 Å². The lowest BCUT2D eigenvalue weighted by Gasteiger charge is -2.20. The van der Waals surface area contributed by atoms with Crippen molar-refractivity contribution < 1.29 is 17.9 Å². The van der Waals surface area contributed by atoms with Crippen LogP contribution in [-0.2, 0) is 23.9 Å². The van der Waals surface area contributed by atoms with Gasteiger partial charge in [0.05, 0.1) is 5.56 Å². The molecule has 3 rings (SSSR count). The molecule has 1 aromatic carbocycles. The molecule has 0 saturated heterocycles. The van der Waals surface area contributed by atoms with Crippen LogP contribution in [0.2, 0.25) is 0 Å². The van der Waals surface area contributed by atoms with Crippen molar-refractivity contribution in [3.63, 3.8) is 0 Å². The summed E-state index contributed by atoms with van der Waals surface area (Å²) in [6.45, 7) is 2.55. The predicted octanol–water partition coefficient (Wildman–Crippen LogP) is 3.64. The summed E-state index contributed by atoms with van der Waals surface area (Å²) in [7, 11) is 1.55. The molecule has 1 aliphatic rings. The number of ether oxygens (including phenoxy) is 1. The highest BCUT2D eigenvalue weighted by Gasteiger charge is 2.37. The zero-order valence-corrected chi connectivity index (χ0v) is 12.8. The highest BCUT2D eigenvalue weighted by Crippen LogP contribution is 2.41. The Labute approximate surface area is 131 Å². The lowest BCUT2D eigenvalue weighted by molar-refractivity contribution is -0.138. The van der Waals surface area contributed by atoms with Gasteiger partial charge in [-0.25, -0.2) is 9.97 Å². The number of hydrogen-bond donors (Lipinski definition) is 0. The zero-order chi connectivity index (χ0) is 16.6. The molecule has 0 aliphatic carbocycles. The minimum Gasteiger partial charge on any atom is -0.377 e. The number of halogens is 3. The fraction of sp³-hybridized carbons (Fsp3) is 0.375. The summed E-state index contributed by atoms with van der Waals surface area (Å²) in [6, 6.07) is 6.04. The Morgan fingerprint density at radius 1 is 1.26 bits per heavy atom. The van der Waals surface area contributed by atoms with Crippen molar-refractivity contribution in [2.75, 3.05) is 18.6 Å². The molecule has 1 aromatic heterocycles. The summed E-state index contributed by atoms with van der Waals surface area (Å²) in [5.41, 5.74) is 1.06. The first-order valence-electron chi connectivity index (χ1n) is 7.20. The summed E-state index contributed by atoms with van der Waals surface area (Å²) in [5, 5.41) is 0. The molecule has 7 heteroatoms. The van der Waals surface area contributed by atoms with Crippen molar-refractivity contribution in [1.29, 1.82) is 0 Å². The van der Waals surface area contributed by atoms with Crippen LogP contribution < -0.4 is 4.90 Å². The molecule has 2 heterocycles. The van der Waals surface area contributed by atoms with Crippen molar-refractivity contribution in [2.45, 2.75) is 26.1 Å². The second kappa shape index (κ2) is 5.81. The lowest BCUT2D eigenvalue weighted by Crippen LogP contribution is -2.16. The summed E-state index contributed by atoms with van der Waals surface area (Å²) < 4.78 is 44.5. The Balaban J connectivity index is 2.04. The van der Waals surface area contributed by atoms with Crippen LogP contribution in [0.25, 0.3) is 0 Å². The summed E-state index contributed by atoms with van der Waals surface area (Å²) in [6.07, 6.45) is -4.00. The Hall–Kier alpha value is -2.15. The van der Waals surface area contributed by atoms with E-state index in [1.807, 2.05) is 6.92 Å². The van der Waals surface area contributed by atoms with E-state index in [-0.39, 0.29) is 6.61 Å². The molecule has 4 nitrogen and oxygen atoms in total. The minimum atomic E-state index is -4.34. The molecule has 1 aliphatic heterocycles. The van der Waals surface area contributed by atoms with E-state index >= 15 is 0 Å². The highest BCUT2D eigenvalue weighted by atomic mass is 19.4. The van der Waals surface area contributed by atoms with Gasteiger partial charge in [-0.1, -0.05) is 6.07 Å². The quantitative estimate of drug-likeness (QED) is 0.864. The standard InChI is InChI=1S/C16H16F3N3O/c1-10-8-15(21-14(20-10)9-23-2)22-7-6-11-12(16(17,18)19)4-3-5-13(11)22/h3-5,8H,6-7,9H2,1-2H3. The predicted molar refractivity (Wildman–Crippen MR) is 79.6 cm³/mol. The van der Waals surface area contributed by atoms with Crippen molar-refractivity contribution in [3.8, 4) is 0 Å². The van der Waals surface area contributed by atoms with Crippen molar-refractivity contribution in [2.24, 2.45) is 0 Å². The second-order valence-corrected chi connectivity index (χ2v) is 5.42. The van der Waals surface area contributed by atoms with Gasteiger partial charge in [0.25, 0.3) is 0 Å². The second-order valence-electron chi connectivity index (χ2n) is 5.42. The van der Waals surface area contributed by atoms with E-state index in [0.717, 1.165) is 11.8 Å². The number of methoxy groups -OCH3 is 1. The molecule has 122 valence electrons.